The summed E-state index contributed by atoms with van der Waals surface area (Å²) in [5, 5.41) is 0.288. The molecule has 1 rings (SSSR count). The molecule has 1 aromatic rings. The molecule has 0 aliphatic rings. The van der Waals surface area contributed by atoms with Gasteiger partial charge in [0.05, 0.1) is 5.33 Å². The summed E-state index contributed by atoms with van der Waals surface area (Å²) < 4.78 is 12.9. The minimum atomic E-state index is -0.633. The molecule has 14 heavy (non-hydrogen) atoms. The van der Waals surface area contributed by atoms with E-state index in [1.54, 1.807) is 26.0 Å². The standard InChI is InChI=1S/C11H12BrFO/c1-11(2,10(14)7-12)8-4-3-5-9(13)6-8/h3-6H,7H2,1-2H3. The van der Waals surface area contributed by atoms with Gasteiger partial charge < -0.3 is 0 Å². The van der Waals surface area contributed by atoms with Gasteiger partial charge in [-0.05, 0) is 31.5 Å². The average Bonchev–Trinajstić information content (AvgIpc) is 2.16. The molecule has 0 N–H and O–H groups in total. The van der Waals surface area contributed by atoms with Gasteiger partial charge >= 0.3 is 0 Å². The van der Waals surface area contributed by atoms with E-state index >= 15 is 0 Å². The summed E-state index contributed by atoms with van der Waals surface area (Å²) in [5.41, 5.74) is 0.0768. The summed E-state index contributed by atoms with van der Waals surface area (Å²) in [7, 11) is 0. The van der Waals surface area contributed by atoms with Gasteiger partial charge in [0.2, 0.25) is 0 Å². The van der Waals surface area contributed by atoms with Gasteiger partial charge in [0.1, 0.15) is 5.82 Å². The average molecular weight is 259 g/mol. The number of carbonyl (C=O) groups excluding carboxylic acids is 1. The number of halogens is 2. The van der Waals surface area contributed by atoms with Crippen molar-refractivity contribution in [2.45, 2.75) is 19.3 Å². The normalized spacial score (nSPS) is 11.4. The van der Waals surface area contributed by atoms with E-state index in [1.165, 1.54) is 12.1 Å². The Hall–Kier alpha value is -0.700. The minimum absolute atomic E-state index is 0.0445. The fourth-order valence-corrected chi connectivity index (χ4v) is 1.91. The van der Waals surface area contributed by atoms with E-state index in [1.807, 2.05) is 0 Å². The molecule has 0 saturated heterocycles. The number of hydrogen-bond acceptors (Lipinski definition) is 1. The van der Waals surface area contributed by atoms with E-state index in [-0.39, 0.29) is 16.9 Å². The van der Waals surface area contributed by atoms with Gasteiger partial charge in [-0.1, -0.05) is 28.1 Å². The monoisotopic (exact) mass is 258 g/mol. The van der Waals surface area contributed by atoms with Gasteiger partial charge in [0, 0.05) is 5.41 Å². The maximum Gasteiger partial charge on any atom is 0.153 e. The van der Waals surface area contributed by atoms with Crippen molar-refractivity contribution in [3.05, 3.63) is 35.6 Å². The van der Waals surface area contributed by atoms with Crippen LogP contribution in [-0.4, -0.2) is 11.1 Å². The first kappa shape index (κ1) is 11.4. The van der Waals surface area contributed by atoms with Crippen molar-refractivity contribution in [3.8, 4) is 0 Å². The van der Waals surface area contributed by atoms with Gasteiger partial charge in [-0.3, -0.25) is 4.79 Å². The molecule has 0 saturated carbocycles. The molecule has 1 aromatic carbocycles. The predicted octanol–water partition coefficient (Wildman–Crippen LogP) is 3.07. The van der Waals surface area contributed by atoms with Gasteiger partial charge in [0.15, 0.2) is 5.78 Å². The van der Waals surface area contributed by atoms with Gasteiger partial charge in [0.25, 0.3) is 0 Å². The Kier molecular flexibility index (Phi) is 3.43. The fraction of sp³-hybridized carbons (Fsp3) is 0.364. The van der Waals surface area contributed by atoms with Crippen molar-refractivity contribution in [2.24, 2.45) is 0 Å². The lowest BCUT2D eigenvalue weighted by molar-refractivity contribution is -0.120. The van der Waals surface area contributed by atoms with Crippen LogP contribution < -0.4 is 0 Å². The Morgan fingerprint density at radius 3 is 2.64 bits per heavy atom. The van der Waals surface area contributed by atoms with E-state index in [0.29, 0.717) is 5.56 Å². The quantitative estimate of drug-likeness (QED) is 0.762. The second-order valence-corrected chi connectivity index (χ2v) is 4.25. The molecule has 0 bridgehead atoms. The van der Waals surface area contributed by atoms with Gasteiger partial charge in [-0.25, -0.2) is 4.39 Å². The maximum atomic E-state index is 12.9. The molecule has 3 heteroatoms. The van der Waals surface area contributed by atoms with Crippen molar-refractivity contribution in [3.63, 3.8) is 0 Å². The highest BCUT2D eigenvalue weighted by Crippen LogP contribution is 2.25. The number of rotatable bonds is 3. The summed E-state index contributed by atoms with van der Waals surface area (Å²) in [5.74, 6) is -0.263. The second-order valence-electron chi connectivity index (χ2n) is 3.69. The summed E-state index contributed by atoms with van der Waals surface area (Å²) >= 11 is 3.12. The molecule has 0 heterocycles. The van der Waals surface area contributed by atoms with Crippen LogP contribution in [0.1, 0.15) is 19.4 Å². The lowest BCUT2D eigenvalue weighted by Crippen LogP contribution is -2.30. The number of benzene rings is 1. The third-order valence-corrected chi connectivity index (χ3v) is 2.87. The van der Waals surface area contributed by atoms with E-state index in [2.05, 4.69) is 15.9 Å². The van der Waals surface area contributed by atoms with Crippen molar-refractivity contribution in [1.29, 1.82) is 0 Å². The number of hydrogen-bond donors (Lipinski definition) is 0. The third kappa shape index (κ3) is 2.21. The van der Waals surface area contributed by atoms with Crippen LogP contribution in [0.5, 0.6) is 0 Å². The molecule has 0 amide bonds. The van der Waals surface area contributed by atoms with E-state index < -0.39 is 5.41 Å². The highest BCUT2D eigenvalue weighted by Gasteiger charge is 2.28. The Morgan fingerprint density at radius 2 is 2.14 bits per heavy atom. The molecule has 0 unspecified atom stereocenters. The third-order valence-electron chi connectivity index (χ3n) is 2.36. The van der Waals surface area contributed by atoms with Gasteiger partial charge in [-0.2, -0.15) is 0 Å². The topological polar surface area (TPSA) is 17.1 Å². The van der Waals surface area contributed by atoms with Crippen LogP contribution in [0.25, 0.3) is 0 Å². The molecular formula is C11H12BrFO. The molecule has 0 aliphatic heterocycles. The molecule has 1 nitrogen and oxygen atoms in total. The second kappa shape index (κ2) is 4.22. The zero-order valence-corrected chi connectivity index (χ0v) is 9.77. The molecule has 0 aromatic heterocycles. The SMILES string of the molecule is CC(C)(C(=O)CBr)c1cccc(F)c1. The van der Waals surface area contributed by atoms with E-state index in [0.717, 1.165) is 0 Å². The lowest BCUT2D eigenvalue weighted by atomic mass is 9.81. The zero-order chi connectivity index (χ0) is 10.8. The summed E-state index contributed by atoms with van der Waals surface area (Å²) in [6.45, 7) is 3.59. The maximum absolute atomic E-state index is 12.9. The van der Waals surface area contributed by atoms with Crippen molar-refractivity contribution >= 4 is 21.7 Å². The highest BCUT2D eigenvalue weighted by molar-refractivity contribution is 9.09. The zero-order valence-electron chi connectivity index (χ0n) is 8.18. The van der Waals surface area contributed by atoms with Crippen molar-refractivity contribution in [1.82, 2.24) is 0 Å². The van der Waals surface area contributed by atoms with Crippen LogP contribution in [-0.2, 0) is 10.2 Å². The van der Waals surface area contributed by atoms with Crippen LogP contribution in [0.4, 0.5) is 4.39 Å². The smallest absolute Gasteiger partial charge is 0.153 e. The van der Waals surface area contributed by atoms with Crippen LogP contribution in [0, 0.1) is 5.82 Å². The van der Waals surface area contributed by atoms with Gasteiger partial charge in [-0.15, -0.1) is 0 Å². The summed E-state index contributed by atoms with van der Waals surface area (Å²) in [6.07, 6.45) is 0. The minimum Gasteiger partial charge on any atom is -0.298 e. The first-order valence-electron chi connectivity index (χ1n) is 4.34. The number of alkyl halides is 1. The van der Waals surface area contributed by atoms with Crippen molar-refractivity contribution < 1.29 is 9.18 Å². The van der Waals surface area contributed by atoms with E-state index in [9.17, 15) is 9.18 Å². The molecule has 0 atom stereocenters. The fourth-order valence-electron chi connectivity index (χ4n) is 1.21. The Balaban J connectivity index is 3.09. The molecule has 0 spiro atoms. The predicted molar refractivity (Wildman–Crippen MR) is 58.2 cm³/mol. The highest BCUT2D eigenvalue weighted by atomic mass is 79.9. The molecule has 0 fully saturated rings. The summed E-state index contributed by atoms with van der Waals surface area (Å²) in [6, 6.07) is 6.16. The summed E-state index contributed by atoms with van der Waals surface area (Å²) in [4.78, 5) is 11.6. The Labute approximate surface area is 91.5 Å². The van der Waals surface area contributed by atoms with Crippen LogP contribution in [0.2, 0.25) is 0 Å². The first-order valence-corrected chi connectivity index (χ1v) is 5.46. The number of carbonyl (C=O) groups is 1. The largest absolute Gasteiger partial charge is 0.298 e. The Morgan fingerprint density at radius 1 is 1.50 bits per heavy atom. The Bertz CT molecular complexity index is 347. The van der Waals surface area contributed by atoms with Crippen LogP contribution in [0.15, 0.2) is 24.3 Å². The van der Waals surface area contributed by atoms with Crippen molar-refractivity contribution in [2.75, 3.05) is 5.33 Å². The molecule has 76 valence electrons. The molecule has 0 aliphatic carbocycles. The molecular weight excluding hydrogens is 247 g/mol. The van der Waals surface area contributed by atoms with Crippen LogP contribution >= 0.6 is 15.9 Å². The first-order chi connectivity index (χ1) is 6.48. The van der Waals surface area contributed by atoms with Crippen LogP contribution in [0.3, 0.4) is 0 Å². The number of ketones is 1. The molecule has 0 radical (unpaired) electrons. The lowest BCUT2D eigenvalue weighted by Gasteiger charge is -2.22. The van der Waals surface area contributed by atoms with E-state index in [4.69, 9.17) is 0 Å². The number of Topliss-reactive ketones (excluding diaryl/α,β-unsaturated/α-hetero) is 1.